The highest BCUT2D eigenvalue weighted by Gasteiger charge is 2.04. The summed E-state index contributed by atoms with van der Waals surface area (Å²) in [4.78, 5) is 10.5. The first kappa shape index (κ1) is 9.19. The maximum absolute atomic E-state index is 12.6. The molecule has 0 radical (unpaired) electrons. The van der Waals surface area contributed by atoms with Crippen LogP contribution in [0.2, 0.25) is 0 Å². The first-order valence-electron chi connectivity index (χ1n) is 3.23. The minimum Gasteiger partial charge on any atom is -0.425 e. The van der Waals surface area contributed by atoms with E-state index in [-0.39, 0.29) is 5.75 Å². The Morgan fingerprint density at radius 2 is 2.25 bits per heavy atom. The van der Waals surface area contributed by atoms with Crippen molar-refractivity contribution in [3.05, 3.63) is 28.5 Å². The van der Waals surface area contributed by atoms with E-state index in [2.05, 4.69) is 15.9 Å². The van der Waals surface area contributed by atoms with E-state index in [1.807, 2.05) is 0 Å². The van der Waals surface area contributed by atoms with Crippen LogP contribution in [0.5, 0.6) is 5.75 Å². The molecule has 12 heavy (non-hydrogen) atoms. The number of benzene rings is 1. The molecule has 1 aromatic carbocycles. The molecule has 0 aliphatic heterocycles. The van der Waals surface area contributed by atoms with Crippen molar-refractivity contribution in [3.63, 3.8) is 0 Å². The average Bonchev–Trinajstić information content (AvgIpc) is 1.96. The van der Waals surface area contributed by atoms with Gasteiger partial charge in [-0.2, -0.15) is 0 Å². The van der Waals surface area contributed by atoms with Crippen molar-refractivity contribution in [2.75, 3.05) is 0 Å². The highest BCUT2D eigenvalue weighted by Crippen LogP contribution is 2.25. The van der Waals surface area contributed by atoms with Gasteiger partial charge in [-0.15, -0.1) is 0 Å². The van der Waals surface area contributed by atoms with Gasteiger partial charge in [0.25, 0.3) is 0 Å². The van der Waals surface area contributed by atoms with Gasteiger partial charge in [0.05, 0.1) is 4.47 Å². The Balaban J connectivity index is 2.97. The molecule has 1 rings (SSSR count). The van der Waals surface area contributed by atoms with Crippen molar-refractivity contribution in [2.45, 2.75) is 6.92 Å². The molecular weight excluding hydrogens is 227 g/mol. The molecule has 0 bridgehead atoms. The zero-order valence-electron chi connectivity index (χ0n) is 6.30. The molecule has 0 aromatic heterocycles. The fourth-order valence-corrected chi connectivity index (χ4v) is 1.04. The van der Waals surface area contributed by atoms with Crippen molar-refractivity contribution < 1.29 is 13.9 Å². The zero-order valence-corrected chi connectivity index (χ0v) is 7.89. The molecule has 1 aromatic rings. The van der Waals surface area contributed by atoms with Gasteiger partial charge in [0.1, 0.15) is 11.6 Å². The molecule has 2 nitrogen and oxygen atoms in total. The topological polar surface area (TPSA) is 26.3 Å². The number of esters is 1. The standard InChI is InChI=1S/C8H6BrFO2/c1-5(11)12-8-4-6(10)2-3-7(8)9/h2-4H,1H3. The summed E-state index contributed by atoms with van der Waals surface area (Å²) in [5.74, 6) is -0.710. The van der Waals surface area contributed by atoms with Crippen LogP contribution in [0.15, 0.2) is 22.7 Å². The molecule has 0 saturated heterocycles. The van der Waals surface area contributed by atoms with Crippen LogP contribution in [0, 0.1) is 5.82 Å². The van der Waals surface area contributed by atoms with E-state index < -0.39 is 11.8 Å². The van der Waals surface area contributed by atoms with Crippen molar-refractivity contribution in [3.8, 4) is 5.75 Å². The van der Waals surface area contributed by atoms with E-state index in [1.54, 1.807) is 0 Å². The van der Waals surface area contributed by atoms with Crippen LogP contribution in [0.25, 0.3) is 0 Å². The van der Waals surface area contributed by atoms with E-state index in [9.17, 15) is 9.18 Å². The summed E-state index contributed by atoms with van der Waals surface area (Å²) in [7, 11) is 0. The van der Waals surface area contributed by atoms with E-state index >= 15 is 0 Å². The van der Waals surface area contributed by atoms with E-state index in [4.69, 9.17) is 4.74 Å². The van der Waals surface area contributed by atoms with Gasteiger partial charge in [-0.1, -0.05) is 0 Å². The molecule has 0 amide bonds. The van der Waals surface area contributed by atoms with Crippen LogP contribution >= 0.6 is 15.9 Å². The van der Waals surface area contributed by atoms with Gasteiger partial charge in [-0.05, 0) is 28.1 Å². The Hall–Kier alpha value is -0.900. The number of carbonyl (C=O) groups excluding carboxylic acids is 1. The normalized spacial score (nSPS) is 9.58. The second-order valence-corrected chi connectivity index (χ2v) is 3.02. The van der Waals surface area contributed by atoms with E-state index in [0.717, 1.165) is 6.07 Å². The molecule has 64 valence electrons. The zero-order chi connectivity index (χ0) is 9.14. The summed E-state index contributed by atoms with van der Waals surface area (Å²) in [6, 6.07) is 3.90. The van der Waals surface area contributed by atoms with Gasteiger partial charge < -0.3 is 4.74 Å². The van der Waals surface area contributed by atoms with E-state index in [0.29, 0.717) is 4.47 Å². The molecule has 0 spiro atoms. The lowest BCUT2D eigenvalue weighted by Gasteiger charge is -2.02. The Bertz CT molecular complexity index is 312. The predicted molar refractivity (Wildman–Crippen MR) is 45.4 cm³/mol. The summed E-state index contributed by atoms with van der Waals surface area (Å²) >= 11 is 3.12. The molecule has 0 atom stereocenters. The average molecular weight is 233 g/mol. The monoisotopic (exact) mass is 232 g/mol. The number of carbonyl (C=O) groups is 1. The molecule has 0 aliphatic carbocycles. The van der Waals surface area contributed by atoms with Crippen molar-refractivity contribution in [2.24, 2.45) is 0 Å². The van der Waals surface area contributed by atoms with Crippen molar-refractivity contribution >= 4 is 21.9 Å². The fraction of sp³-hybridized carbons (Fsp3) is 0.125. The molecule has 0 unspecified atom stereocenters. The lowest BCUT2D eigenvalue weighted by atomic mass is 10.3. The summed E-state index contributed by atoms with van der Waals surface area (Å²) < 4.78 is 17.8. The molecule has 0 N–H and O–H groups in total. The summed E-state index contributed by atoms with van der Waals surface area (Å²) in [5, 5.41) is 0. The van der Waals surface area contributed by atoms with Crippen molar-refractivity contribution in [1.29, 1.82) is 0 Å². The summed E-state index contributed by atoms with van der Waals surface area (Å²) in [6.45, 7) is 1.26. The fourth-order valence-electron chi connectivity index (χ4n) is 0.710. The molecule has 0 saturated carbocycles. The smallest absolute Gasteiger partial charge is 0.308 e. The molecule has 0 fully saturated rings. The molecule has 4 heteroatoms. The highest BCUT2D eigenvalue weighted by molar-refractivity contribution is 9.10. The number of hydrogen-bond donors (Lipinski definition) is 0. The van der Waals surface area contributed by atoms with Crippen LogP contribution in [0.4, 0.5) is 4.39 Å². The Labute approximate surface area is 77.5 Å². The largest absolute Gasteiger partial charge is 0.425 e. The molecule has 0 aliphatic rings. The van der Waals surface area contributed by atoms with Gasteiger partial charge in [0.2, 0.25) is 0 Å². The van der Waals surface area contributed by atoms with Gasteiger partial charge in [-0.25, -0.2) is 4.39 Å². The van der Waals surface area contributed by atoms with Crippen LogP contribution in [0.3, 0.4) is 0 Å². The molecular formula is C8H6BrFO2. The maximum Gasteiger partial charge on any atom is 0.308 e. The minimum absolute atomic E-state index is 0.197. The second-order valence-electron chi connectivity index (χ2n) is 2.17. The van der Waals surface area contributed by atoms with Gasteiger partial charge >= 0.3 is 5.97 Å². The first-order valence-corrected chi connectivity index (χ1v) is 4.02. The van der Waals surface area contributed by atoms with Gasteiger partial charge in [0.15, 0.2) is 0 Å². The minimum atomic E-state index is -0.471. The third-order valence-corrected chi connectivity index (χ3v) is 1.80. The second kappa shape index (κ2) is 3.67. The Morgan fingerprint density at radius 1 is 1.58 bits per heavy atom. The summed E-state index contributed by atoms with van der Waals surface area (Å²) in [6.07, 6.45) is 0. The van der Waals surface area contributed by atoms with E-state index in [1.165, 1.54) is 19.1 Å². The van der Waals surface area contributed by atoms with Crippen LogP contribution in [-0.2, 0) is 4.79 Å². The first-order chi connectivity index (χ1) is 5.59. The molecule has 0 heterocycles. The van der Waals surface area contributed by atoms with Crippen LogP contribution in [-0.4, -0.2) is 5.97 Å². The highest BCUT2D eigenvalue weighted by atomic mass is 79.9. The van der Waals surface area contributed by atoms with Gasteiger partial charge in [0, 0.05) is 13.0 Å². The van der Waals surface area contributed by atoms with Gasteiger partial charge in [-0.3, -0.25) is 4.79 Å². The Kier molecular flexibility index (Phi) is 2.81. The van der Waals surface area contributed by atoms with Crippen molar-refractivity contribution in [1.82, 2.24) is 0 Å². The lowest BCUT2D eigenvalue weighted by Crippen LogP contribution is -2.02. The predicted octanol–water partition coefficient (Wildman–Crippen LogP) is 2.51. The summed E-state index contributed by atoms with van der Waals surface area (Å²) in [5.41, 5.74) is 0. The lowest BCUT2D eigenvalue weighted by molar-refractivity contribution is -0.131. The third-order valence-electron chi connectivity index (χ3n) is 1.15. The number of rotatable bonds is 1. The number of halogens is 2. The quantitative estimate of drug-likeness (QED) is 0.550. The SMILES string of the molecule is CC(=O)Oc1cc(F)ccc1Br. The maximum atomic E-state index is 12.6. The number of hydrogen-bond acceptors (Lipinski definition) is 2. The van der Waals surface area contributed by atoms with Crippen LogP contribution < -0.4 is 4.74 Å². The Morgan fingerprint density at radius 3 is 2.83 bits per heavy atom. The third kappa shape index (κ3) is 2.30. The number of ether oxygens (including phenoxy) is 1. The van der Waals surface area contributed by atoms with Crippen LogP contribution in [0.1, 0.15) is 6.92 Å².